The quantitative estimate of drug-likeness (QED) is 0.757. The van der Waals surface area contributed by atoms with Crippen LogP contribution in [0.5, 0.6) is 0 Å². The Kier molecular flexibility index (Phi) is 4.57. The Labute approximate surface area is 104 Å². The summed E-state index contributed by atoms with van der Waals surface area (Å²) in [6, 6.07) is 10.4. The molecule has 0 aliphatic heterocycles. The zero-order chi connectivity index (χ0) is 11.9. The highest BCUT2D eigenvalue weighted by atomic mass is 14.9. The Balaban J connectivity index is 1.72. The standard InChI is InChI=1S/C16H21N/c1-14(16-10-6-3-7-11-16)12-17-13-15-8-4-2-5-9-15/h2-4,6-7,10-11,15,17H,1,5,8-9,12-13H2. The molecule has 0 saturated carbocycles. The molecule has 1 N–H and O–H groups in total. The average molecular weight is 227 g/mol. The molecule has 0 fully saturated rings. The molecule has 0 saturated heterocycles. The first-order valence-electron chi connectivity index (χ1n) is 6.45. The summed E-state index contributed by atoms with van der Waals surface area (Å²) in [6.45, 7) is 6.13. The van der Waals surface area contributed by atoms with Crippen LogP contribution in [0.1, 0.15) is 24.8 Å². The first-order valence-corrected chi connectivity index (χ1v) is 6.45. The number of hydrogen-bond acceptors (Lipinski definition) is 1. The molecule has 0 spiro atoms. The number of benzene rings is 1. The van der Waals surface area contributed by atoms with Gasteiger partial charge in [-0.3, -0.25) is 0 Å². The topological polar surface area (TPSA) is 12.0 Å². The molecular formula is C16H21N. The highest BCUT2D eigenvalue weighted by Crippen LogP contribution is 2.17. The van der Waals surface area contributed by atoms with E-state index in [0.29, 0.717) is 0 Å². The van der Waals surface area contributed by atoms with Gasteiger partial charge in [0, 0.05) is 6.54 Å². The van der Waals surface area contributed by atoms with Crippen LogP contribution in [-0.4, -0.2) is 13.1 Å². The van der Waals surface area contributed by atoms with Crippen molar-refractivity contribution < 1.29 is 0 Å². The third-order valence-electron chi connectivity index (χ3n) is 3.33. The van der Waals surface area contributed by atoms with E-state index in [0.717, 1.165) is 19.0 Å². The minimum Gasteiger partial charge on any atom is -0.312 e. The number of allylic oxidation sites excluding steroid dienone is 2. The molecule has 0 radical (unpaired) electrons. The number of hydrogen-bond donors (Lipinski definition) is 1. The van der Waals surface area contributed by atoms with E-state index in [9.17, 15) is 0 Å². The third kappa shape index (κ3) is 3.86. The molecule has 0 bridgehead atoms. The summed E-state index contributed by atoms with van der Waals surface area (Å²) < 4.78 is 0. The SMILES string of the molecule is C=C(CNCC1CC=CCC1)c1ccccc1. The predicted octanol–water partition coefficient (Wildman–Crippen LogP) is 3.65. The molecule has 0 heterocycles. The van der Waals surface area contributed by atoms with Crippen LogP contribution in [0.3, 0.4) is 0 Å². The van der Waals surface area contributed by atoms with Gasteiger partial charge in [0.25, 0.3) is 0 Å². The van der Waals surface area contributed by atoms with Gasteiger partial charge in [-0.2, -0.15) is 0 Å². The normalized spacial score (nSPS) is 19.2. The van der Waals surface area contributed by atoms with Gasteiger partial charge in [0.05, 0.1) is 0 Å². The van der Waals surface area contributed by atoms with Crippen molar-refractivity contribution in [2.75, 3.05) is 13.1 Å². The summed E-state index contributed by atoms with van der Waals surface area (Å²) in [6.07, 6.45) is 8.39. The molecule has 0 aromatic heterocycles. The summed E-state index contributed by atoms with van der Waals surface area (Å²) >= 11 is 0. The molecule has 90 valence electrons. The van der Waals surface area contributed by atoms with Crippen molar-refractivity contribution in [2.45, 2.75) is 19.3 Å². The molecule has 1 nitrogen and oxygen atoms in total. The van der Waals surface area contributed by atoms with E-state index in [2.05, 4.69) is 48.3 Å². The van der Waals surface area contributed by atoms with Crippen molar-refractivity contribution in [2.24, 2.45) is 5.92 Å². The fraction of sp³-hybridized carbons (Fsp3) is 0.375. The zero-order valence-electron chi connectivity index (χ0n) is 10.4. The van der Waals surface area contributed by atoms with Crippen LogP contribution in [0.15, 0.2) is 49.1 Å². The second kappa shape index (κ2) is 6.41. The highest BCUT2D eigenvalue weighted by Gasteiger charge is 2.09. The second-order valence-corrected chi connectivity index (χ2v) is 4.75. The lowest BCUT2D eigenvalue weighted by Gasteiger charge is -2.18. The summed E-state index contributed by atoms with van der Waals surface area (Å²) in [5.41, 5.74) is 2.42. The first kappa shape index (κ1) is 12.1. The second-order valence-electron chi connectivity index (χ2n) is 4.75. The molecule has 2 rings (SSSR count). The van der Waals surface area contributed by atoms with E-state index >= 15 is 0 Å². The van der Waals surface area contributed by atoms with Crippen molar-refractivity contribution in [3.63, 3.8) is 0 Å². The molecule has 1 unspecified atom stereocenters. The molecule has 17 heavy (non-hydrogen) atoms. The lowest BCUT2D eigenvalue weighted by Crippen LogP contribution is -2.24. The molecule has 1 aromatic carbocycles. The largest absolute Gasteiger partial charge is 0.312 e. The van der Waals surface area contributed by atoms with Gasteiger partial charge in [-0.15, -0.1) is 0 Å². The van der Waals surface area contributed by atoms with Crippen LogP contribution in [0, 0.1) is 5.92 Å². The van der Waals surface area contributed by atoms with Crippen molar-refractivity contribution in [3.8, 4) is 0 Å². The van der Waals surface area contributed by atoms with E-state index in [1.807, 2.05) is 6.07 Å². The molecule has 0 amide bonds. The van der Waals surface area contributed by atoms with Gasteiger partial charge in [0.15, 0.2) is 0 Å². The van der Waals surface area contributed by atoms with E-state index in [4.69, 9.17) is 0 Å². The van der Waals surface area contributed by atoms with Crippen LogP contribution < -0.4 is 5.32 Å². The maximum absolute atomic E-state index is 4.13. The van der Waals surface area contributed by atoms with Crippen molar-refractivity contribution in [1.29, 1.82) is 0 Å². The molecule has 1 aliphatic rings. The van der Waals surface area contributed by atoms with E-state index in [1.165, 1.54) is 30.4 Å². The fourth-order valence-electron chi connectivity index (χ4n) is 2.24. The predicted molar refractivity (Wildman–Crippen MR) is 74.8 cm³/mol. The molecule has 1 heteroatoms. The van der Waals surface area contributed by atoms with E-state index in [-0.39, 0.29) is 0 Å². The van der Waals surface area contributed by atoms with Gasteiger partial charge in [-0.25, -0.2) is 0 Å². The Morgan fingerprint density at radius 1 is 1.24 bits per heavy atom. The maximum Gasteiger partial charge on any atom is 0.0205 e. The van der Waals surface area contributed by atoms with Gasteiger partial charge >= 0.3 is 0 Å². The Bertz CT molecular complexity index is 378. The highest BCUT2D eigenvalue weighted by molar-refractivity contribution is 5.64. The average Bonchev–Trinajstić information content (AvgIpc) is 2.41. The van der Waals surface area contributed by atoms with Crippen molar-refractivity contribution >= 4 is 5.57 Å². The van der Waals surface area contributed by atoms with Gasteiger partial charge in [0.2, 0.25) is 0 Å². The smallest absolute Gasteiger partial charge is 0.0205 e. The Morgan fingerprint density at radius 3 is 2.76 bits per heavy atom. The molecule has 1 aromatic rings. The van der Waals surface area contributed by atoms with Crippen LogP contribution in [-0.2, 0) is 0 Å². The first-order chi connectivity index (χ1) is 8.36. The van der Waals surface area contributed by atoms with Crippen molar-refractivity contribution in [1.82, 2.24) is 5.32 Å². The van der Waals surface area contributed by atoms with Crippen LogP contribution in [0.2, 0.25) is 0 Å². The lowest BCUT2D eigenvalue weighted by molar-refractivity contribution is 0.452. The van der Waals surface area contributed by atoms with Crippen molar-refractivity contribution in [3.05, 3.63) is 54.6 Å². The summed E-state index contributed by atoms with van der Waals surface area (Å²) in [5, 5.41) is 3.52. The van der Waals surface area contributed by atoms with Gasteiger partial charge in [0.1, 0.15) is 0 Å². The van der Waals surface area contributed by atoms with Crippen LogP contribution >= 0.6 is 0 Å². The monoisotopic (exact) mass is 227 g/mol. The van der Waals surface area contributed by atoms with Crippen LogP contribution in [0.25, 0.3) is 5.57 Å². The third-order valence-corrected chi connectivity index (χ3v) is 3.33. The Morgan fingerprint density at radius 2 is 2.06 bits per heavy atom. The van der Waals surface area contributed by atoms with Gasteiger partial charge < -0.3 is 5.32 Å². The number of rotatable bonds is 5. The van der Waals surface area contributed by atoms with Gasteiger partial charge in [-0.1, -0.05) is 49.1 Å². The summed E-state index contributed by atoms with van der Waals surface area (Å²) in [4.78, 5) is 0. The molecule has 1 atom stereocenters. The van der Waals surface area contributed by atoms with E-state index in [1.54, 1.807) is 0 Å². The summed E-state index contributed by atoms with van der Waals surface area (Å²) in [5.74, 6) is 0.809. The fourth-order valence-corrected chi connectivity index (χ4v) is 2.24. The minimum absolute atomic E-state index is 0.809. The zero-order valence-corrected chi connectivity index (χ0v) is 10.4. The maximum atomic E-state index is 4.13. The molecular weight excluding hydrogens is 206 g/mol. The Hall–Kier alpha value is -1.34. The minimum atomic E-state index is 0.809. The van der Waals surface area contributed by atoms with E-state index < -0.39 is 0 Å². The summed E-state index contributed by atoms with van der Waals surface area (Å²) in [7, 11) is 0. The number of nitrogens with one attached hydrogen (secondary N) is 1. The van der Waals surface area contributed by atoms with Gasteiger partial charge in [-0.05, 0) is 42.9 Å². The lowest BCUT2D eigenvalue weighted by atomic mass is 9.94. The van der Waals surface area contributed by atoms with Crippen LogP contribution in [0.4, 0.5) is 0 Å². The molecule has 1 aliphatic carbocycles.